The Morgan fingerprint density at radius 1 is 1.45 bits per heavy atom. The van der Waals surface area contributed by atoms with E-state index in [4.69, 9.17) is 5.73 Å². The molecule has 0 aliphatic heterocycles. The molecule has 0 aromatic rings. The topological polar surface area (TPSA) is 52.3 Å². The van der Waals surface area contributed by atoms with Gasteiger partial charge in [-0.3, -0.25) is 4.79 Å². The molecule has 11 heavy (non-hydrogen) atoms. The Bertz CT molecular complexity index is 187. The Labute approximate surface area is 65.9 Å². The molecule has 0 amide bonds. The fourth-order valence-electron chi connectivity index (χ4n) is 2.35. The van der Waals surface area contributed by atoms with Crippen LogP contribution in [-0.2, 0) is 9.53 Å². The fraction of sp³-hybridized carbons (Fsp3) is 0.875. The molecule has 4 unspecified atom stereocenters. The number of hydrogen-bond acceptors (Lipinski definition) is 3. The first-order chi connectivity index (χ1) is 5.25. The molecule has 0 radical (unpaired) electrons. The molecule has 2 saturated carbocycles. The Kier molecular flexibility index (Phi) is 1.42. The van der Waals surface area contributed by atoms with Gasteiger partial charge in [-0.1, -0.05) is 0 Å². The number of methoxy groups -OCH3 is 1. The van der Waals surface area contributed by atoms with Crippen LogP contribution in [0.15, 0.2) is 0 Å². The van der Waals surface area contributed by atoms with Gasteiger partial charge < -0.3 is 10.5 Å². The van der Waals surface area contributed by atoms with Gasteiger partial charge in [-0.05, 0) is 24.7 Å². The van der Waals surface area contributed by atoms with Gasteiger partial charge in [0.25, 0.3) is 0 Å². The molecule has 4 atom stereocenters. The Hall–Kier alpha value is -0.570. The lowest BCUT2D eigenvalue weighted by Gasteiger charge is -2.56. The van der Waals surface area contributed by atoms with E-state index in [2.05, 4.69) is 4.74 Å². The van der Waals surface area contributed by atoms with Crippen molar-refractivity contribution in [1.29, 1.82) is 0 Å². The van der Waals surface area contributed by atoms with Crippen LogP contribution in [0.4, 0.5) is 0 Å². The molecule has 3 heteroatoms. The zero-order chi connectivity index (χ0) is 8.01. The van der Waals surface area contributed by atoms with Crippen molar-refractivity contribution in [3.05, 3.63) is 0 Å². The third kappa shape index (κ3) is 0.745. The smallest absolute Gasteiger partial charge is 0.310 e. The van der Waals surface area contributed by atoms with Crippen molar-refractivity contribution in [2.75, 3.05) is 7.11 Å². The van der Waals surface area contributed by atoms with Crippen LogP contribution in [-0.4, -0.2) is 19.1 Å². The van der Waals surface area contributed by atoms with Crippen molar-refractivity contribution < 1.29 is 9.53 Å². The third-order valence-electron chi connectivity index (χ3n) is 3.23. The molecule has 3 nitrogen and oxygen atoms in total. The predicted molar refractivity (Wildman–Crippen MR) is 39.7 cm³/mol. The number of carbonyl (C=O) groups excluding carboxylic acids is 1. The summed E-state index contributed by atoms with van der Waals surface area (Å²) in [4.78, 5) is 11.1. The molecular weight excluding hydrogens is 142 g/mol. The molecule has 0 bridgehead atoms. The molecule has 0 spiro atoms. The van der Waals surface area contributed by atoms with E-state index in [0.717, 1.165) is 6.42 Å². The number of nitrogens with two attached hydrogens (primary N) is 1. The second-order valence-electron chi connectivity index (χ2n) is 3.53. The van der Waals surface area contributed by atoms with E-state index in [0.29, 0.717) is 11.8 Å². The van der Waals surface area contributed by atoms with E-state index in [-0.39, 0.29) is 17.9 Å². The van der Waals surface area contributed by atoms with Gasteiger partial charge in [0.15, 0.2) is 0 Å². The average Bonchev–Trinajstić information content (AvgIpc) is 1.96. The van der Waals surface area contributed by atoms with E-state index < -0.39 is 0 Å². The van der Waals surface area contributed by atoms with Crippen LogP contribution in [0.25, 0.3) is 0 Å². The van der Waals surface area contributed by atoms with Crippen molar-refractivity contribution in [2.24, 2.45) is 23.5 Å². The molecule has 0 saturated heterocycles. The zero-order valence-electron chi connectivity index (χ0n) is 6.62. The van der Waals surface area contributed by atoms with E-state index >= 15 is 0 Å². The lowest BCUT2D eigenvalue weighted by molar-refractivity contribution is -0.165. The van der Waals surface area contributed by atoms with E-state index in [9.17, 15) is 4.79 Å². The van der Waals surface area contributed by atoms with E-state index in [1.807, 2.05) is 0 Å². The highest BCUT2D eigenvalue weighted by Gasteiger charge is 2.57. The van der Waals surface area contributed by atoms with E-state index in [1.165, 1.54) is 13.5 Å². The normalized spacial score (nSPS) is 46.7. The SMILES string of the molecule is COC(=O)C1C(N)C2CCC21. The number of esters is 1. The summed E-state index contributed by atoms with van der Waals surface area (Å²) < 4.78 is 4.66. The first-order valence-electron chi connectivity index (χ1n) is 4.09. The summed E-state index contributed by atoms with van der Waals surface area (Å²) in [6, 6.07) is 0.0844. The molecular formula is C8H13NO2. The quantitative estimate of drug-likeness (QED) is 0.548. The minimum Gasteiger partial charge on any atom is -0.469 e. The molecule has 62 valence electrons. The lowest BCUT2D eigenvalue weighted by atomic mass is 9.50. The minimum absolute atomic E-state index is 0.0127. The molecule has 0 heterocycles. The summed E-state index contributed by atoms with van der Waals surface area (Å²) in [6.07, 6.45) is 2.37. The van der Waals surface area contributed by atoms with E-state index in [1.54, 1.807) is 0 Å². The molecule has 0 aromatic carbocycles. The number of ether oxygens (including phenoxy) is 1. The highest BCUT2D eigenvalue weighted by atomic mass is 16.5. The van der Waals surface area contributed by atoms with Gasteiger partial charge in [0.2, 0.25) is 0 Å². The van der Waals surface area contributed by atoms with Crippen LogP contribution < -0.4 is 5.73 Å². The second-order valence-corrected chi connectivity index (χ2v) is 3.53. The Balaban J connectivity index is 2.00. The van der Waals surface area contributed by atoms with Crippen LogP contribution >= 0.6 is 0 Å². The first kappa shape index (κ1) is 7.10. The maximum absolute atomic E-state index is 11.1. The summed E-state index contributed by atoms with van der Waals surface area (Å²) in [5.74, 6) is 1.08. The van der Waals surface area contributed by atoms with Gasteiger partial charge >= 0.3 is 5.97 Å². The number of carbonyl (C=O) groups is 1. The molecule has 2 fully saturated rings. The highest BCUT2D eigenvalue weighted by Crippen LogP contribution is 2.53. The van der Waals surface area contributed by atoms with Crippen molar-refractivity contribution in [2.45, 2.75) is 18.9 Å². The predicted octanol–water partition coefficient (Wildman–Crippen LogP) is 0.143. The molecule has 2 aliphatic carbocycles. The maximum Gasteiger partial charge on any atom is 0.310 e. The Morgan fingerprint density at radius 2 is 2.09 bits per heavy atom. The summed E-state index contributed by atoms with van der Waals surface area (Å²) in [5, 5.41) is 0. The van der Waals surface area contributed by atoms with Crippen molar-refractivity contribution >= 4 is 5.97 Å². The van der Waals surface area contributed by atoms with Crippen LogP contribution in [0.2, 0.25) is 0 Å². The molecule has 2 N–H and O–H groups in total. The maximum atomic E-state index is 11.1. The van der Waals surface area contributed by atoms with Crippen LogP contribution in [0.3, 0.4) is 0 Å². The van der Waals surface area contributed by atoms with Gasteiger partial charge in [0.1, 0.15) is 0 Å². The standard InChI is InChI=1S/C8H13NO2/c1-11-8(10)6-4-2-3-5(4)7(6)9/h4-7H,2-3,9H2,1H3. The molecule has 2 aliphatic rings. The van der Waals surface area contributed by atoms with Gasteiger partial charge in [-0.2, -0.15) is 0 Å². The molecule has 2 rings (SSSR count). The summed E-state index contributed by atoms with van der Waals surface area (Å²) in [5.41, 5.74) is 5.78. The monoisotopic (exact) mass is 155 g/mol. The van der Waals surface area contributed by atoms with Crippen molar-refractivity contribution in [1.82, 2.24) is 0 Å². The first-order valence-corrected chi connectivity index (χ1v) is 4.09. The third-order valence-corrected chi connectivity index (χ3v) is 3.23. The van der Waals surface area contributed by atoms with Gasteiger partial charge in [-0.25, -0.2) is 0 Å². The van der Waals surface area contributed by atoms with Gasteiger partial charge in [-0.15, -0.1) is 0 Å². The average molecular weight is 155 g/mol. The second kappa shape index (κ2) is 2.21. The summed E-state index contributed by atoms with van der Waals surface area (Å²) in [6.45, 7) is 0. The van der Waals surface area contributed by atoms with Crippen LogP contribution in [0.1, 0.15) is 12.8 Å². The fourth-order valence-corrected chi connectivity index (χ4v) is 2.35. The lowest BCUT2D eigenvalue weighted by Crippen LogP contribution is -2.64. The number of fused-ring (bicyclic) bond motifs is 1. The van der Waals surface area contributed by atoms with Gasteiger partial charge in [0, 0.05) is 6.04 Å². The molecule has 0 aromatic heterocycles. The van der Waals surface area contributed by atoms with Crippen molar-refractivity contribution in [3.63, 3.8) is 0 Å². The minimum atomic E-state index is -0.113. The summed E-state index contributed by atoms with van der Waals surface area (Å²) >= 11 is 0. The number of rotatable bonds is 1. The van der Waals surface area contributed by atoms with Gasteiger partial charge in [0.05, 0.1) is 13.0 Å². The highest BCUT2D eigenvalue weighted by molar-refractivity contribution is 5.75. The zero-order valence-corrected chi connectivity index (χ0v) is 6.62. The van der Waals surface area contributed by atoms with Crippen LogP contribution in [0, 0.1) is 17.8 Å². The number of hydrogen-bond donors (Lipinski definition) is 1. The van der Waals surface area contributed by atoms with Crippen molar-refractivity contribution in [3.8, 4) is 0 Å². The van der Waals surface area contributed by atoms with Crippen LogP contribution in [0.5, 0.6) is 0 Å². The summed E-state index contributed by atoms with van der Waals surface area (Å²) in [7, 11) is 1.43. The Morgan fingerprint density at radius 3 is 2.45 bits per heavy atom. The largest absolute Gasteiger partial charge is 0.469 e.